The molecule has 0 spiro atoms. The van der Waals surface area contributed by atoms with Crippen molar-refractivity contribution in [2.75, 3.05) is 26.2 Å². The molecule has 4 nitrogen and oxygen atoms in total. The third-order valence-electron chi connectivity index (χ3n) is 9.29. The number of hydrogen-bond donors (Lipinski definition) is 0. The lowest BCUT2D eigenvalue weighted by molar-refractivity contribution is -0.921. The second-order valence-corrected chi connectivity index (χ2v) is 14.3. The summed E-state index contributed by atoms with van der Waals surface area (Å²) >= 11 is 0. The van der Waals surface area contributed by atoms with Gasteiger partial charge in [0.05, 0.1) is 26.2 Å². The Kier molecular flexibility index (Phi) is 33.9. The Hall–Kier alpha value is -0.620. The maximum absolute atomic E-state index is 14.0. The number of allylic oxidation sites excluding steroid dienone is 1. The second kappa shape index (κ2) is 32.8. The van der Waals surface area contributed by atoms with Crippen LogP contribution in [0.15, 0.2) is 12.3 Å². The number of unbranched alkanes of at least 4 members (excludes halogenated alkanes) is 21. The molecule has 1 unspecified atom stereocenters. The van der Waals surface area contributed by atoms with Crippen LogP contribution in [0.3, 0.4) is 0 Å². The van der Waals surface area contributed by atoms with Crippen LogP contribution in [-0.2, 0) is 14.3 Å². The van der Waals surface area contributed by atoms with E-state index < -0.39 is 15.6 Å². The highest BCUT2D eigenvalue weighted by Crippen LogP contribution is 2.17. The van der Waals surface area contributed by atoms with Crippen molar-refractivity contribution in [1.82, 2.24) is 0 Å². The van der Waals surface area contributed by atoms with Crippen molar-refractivity contribution in [3.8, 4) is 0 Å². The van der Waals surface area contributed by atoms with Crippen molar-refractivity contribution >= 4 is 10.1 Å². The fraction of sp³-hybridized carbons (Fsp3) is 0.946. The van der Waals surface area contributed by atoms with E-state index in [0.29, 0.717) is 6.42 Å². The number of halogens is 1. The van der Waals surface area contributed by atoms with Gasteiger partial charge in [-0.15, -0.1) is 0 Å². The van der Waals surface area contributed by atoms with Gasteiger partial charge in [0.25, 0.3) is 0 Å². The van der Waals surface area contributed by atoms with Gasteiger partial charge in [-0.05, 0) is 59.5 Å². The molecule has 0 aromatic rings. The molecule has 0 aliphatic rings. The summed E-state index contributed by atoms with van der Waals surface area (Å²) in [5, 5.41) is 0. The molecular formula is C37H77FNO3S+. The second-order valence-electron chi connectivity index (χ2n) is 12.6. The molecule has 0 N–H and O–H groups in total. The Labute approximate surface area is 270 Å². The maximum Gasteiger partial charge on any atom is 0.341 e. The van der Waals surface area contributed by atoms with Gasteiger partial charge in [0, 0.05) is 0 Å². The van der Waals surface area contributed by atoms with E-state index in [2.05, 4.69) is 41.5 Å². The fourth-order valence-corrected chi connectivity index (χ4v) is 6.44. The van der Waals surface area contributed by atoms with Gasteiger partial charge in [0.2, 0.25) is 5.50 Å². The molecule has 0 aromatic heterocycles. The van der Waals surface area contributed by atoms with Crippen molar-refractivity contribution in [2.45, 2.75) is 201 Å². The van der Waals surface area contributed by atoms with Gasteiger partial charge in [0.15, 0.2) is 0 Å². The van der Waals surface area contributed by atoms with E-state index in [1.54, 1.807) is 6.08 Å². The summed E-state index contributed by atoms with van der Waals surface area (Å²) in [4.78, 5) is 0. The quantitative estimate of drug-likeness (QED) is 0.0330. The van der Waals surface area contributed by atoms with E-state index in [-0.39, 0.29) is 6.42 Å². The van der Waals surface area contributed by atoms with Crippen LogP contribution in [0.5, 0.6) is 0 Å². The molecule has 0 aliphatic heterocycles. The first-order chi connectivity index (χ1) is 20.8. The molecule has 260 valence electrons. The predicted octanol–water partition coefficient (Wildman–Crippen LogP) is 12.4. The van der Waals surface area contributed by atoms with E-state index >= 15 is 0 Å². The first-order valence-electron chi connectivity index (χ1n) is 18.8. The minimum absolute atomic E-state index is 0.0318. The standard InChI is InChI=1S/C29H57FO3S.C8H20N/c1-3-5-7-9-11-13-14-15-16-17-18-19-20-22-24-26-28-33-34(31,32)29(30)27-25-23-21-12-10-8-6-4-2;1-5-9(6-2,7-3)8-4/h26,28-29H,3-25,27H2,1-2H3;5-8H2,1-4H3/q;+1. The summed E-state index contributed by atoms with van der Waals surface area (Å²) in [5.74, 6) is 0. The van der Waals surface area contributed by atoms with Gasteiger partial charge in [0.1, 0.15) is 6.26 Å². The van der Waals surface area contributed by atoms with Crippen LogP contribution in [0.25, 0.3) is 0 Å². The SMILES string of the molecule is CCCCCCCCCCCCCCCCC=COS(=O)(=O)C(F)CCCCCCCCCC.CC[N+](CC)(CC)CC. The summed E-state index contributed by atoms with van der Waals surface area (Å²) in [6.45, 7) is 18.7. The number of quaternary nitrogens is 1. The monoisotopic (exact) mass is 635 g/mol. The Morgan fingerprint density at radius 2 is 0.860 bits per heavy atom. The third-order valence-corrected chi connectivity index (χ3v) is 10.5. The Morgan fingerprint density at radius 1 is 0.535 bits per heavy atom. The zero-order chi connectivity index (χ0) is 32.5. The molecule has 0 heterocycles. The van der Waals surface area contributed by atoms with Gasteiger partial charge in [-0.2, -0.15) is 8.42 Å². The summed E-state index contributed by atoms with van der Waals surface area (Å²) < 4.78 is 43.8. The molecule has 0 saturated carbocycles. The number of rotatable bonds is 31. The number of hydrogen-bond acceptors (Lipinski definition) is 3. The van der Waals surface area contributed by atoms with E-state index in [0.717, 1.165) is 44.8 Å². The Morgan fingerprint density at radius 3 is 1.19 bits per heavy atom. The highest BCUT2D eigenvalue weighted by atomic mass is 32.2. The Balaban J connectivity index is 0. The van der Waals surface area contributed by atoms with Gasteiger partial charge in [-0.25, -0.2) is 4.39 Å². The fourth-order valence-electron chi connectivity index (χ4n) is 5.63. The van der Waals surface area contributed by atoms with Crippen LogP contribution in [0.4, 0.5) is 4.39 Å². The molecule has 0 amide bonds. The average Bonchev–Trinajstić information content (AvgIpc) is 3.01. The number of alkyl halides is 1. The molecule has 0 rings (SSSR count). The van der Waals surface area contributed by atoms with Crippen LogP contribution in [-0.4, -0.2) is 44.6 Å². The van der Waals surface area contributed by atoms with Crippen LogP contribution < -0.4 is 0 Å². The van der Waals surface area contributed by atoms with Gasteiger partial charge in [-0.1, -0.05) is 142 Å². The molecule has 0 saturated heterocycles. The first-order valence-corrected chi connectivity index (χ1v) is 20.3. The molecule has 0 radical (unpaired) electrons. The van der Waals surface area contributed by atoms with E-state index in [1.807, 2.05) is 0 Å². The summed E-state index contributed by atoms with van der Waals surface area (Å²) in [5.41, 5.74) is -1.92. The van der Waals surface area contributed by atoms with Crippen molar-refractivity contribution in [3.63, 3.8) is 0 Å². The molecule has 0 bridgehead atoms. The normalized spacial score (nSPS) is 12.8. The van der Waals surface area contributed by atoms with Crippen LogP contribution in [0.1, 0.15) is 196 Å². The van der Waals surface area contributed by atoms with Crippen molar-refractivity contribution in [3.05, 3.63) is 12.3 Å². The van der Waals surface area contributed by atoms with Crippen LogP contribution in [0.2, 0.25) is 0 Å². The van der Waals surface area contributed by atoms with Crippen molar-refractivity contribution < 1.29 is 21.5 Å². The zero-order valence-corrected chi connectivity index (χ0v) is 30.8. The zero-order valence-electron chi connectivity index (χ0n) is 30.0. The van der Waals surface area contributed by atoms with E-state index in [9.17, 15) is 12.8 Å². The summed E-state index contributed by atoms with van der Waals surface area (Å²) in [6, 6.07) is 0. The first kappa shape index (κ1) is 44.5. The molecule has 0 aliphatic carbocycles. The minimum atomic E-state index is -4.14. The molecular weight excluding hydrogens is 557 g/mol. The van der Waals surface area contributed by atoms with Crippen LogP contribution >= 0.6 is 0 Å². The highest BCUT2D eigenvalue weighted by molar-refractivity contribution is 7.87. The van der Waals surface area contributed by atoms with Crippen LogP contribution in [0, 0.1) is 0 Å². The maximum atomic E-state index is 14.0. The van der Waals surface area contributed by atoms with Gasteiger partial charge < -0.3 is 8.67 Å². The highest BCUT2D eigenvalue weighted by Gasteiger charge is 2.25. The number of nitrogens with zero attached hydrogens (tertiary/aromatic N) is 1. The summed E-state index contributed by atoms with van der Waals surface area (Å²) in [7, 11) is -4.14. The molecule has 43 heavy (non-hydrogen) atoms. The van der Waals surface area contributed by atoms with Crippen molar-refractivity contribution in [2.24, 2.45) is 0 Å². The molecule has 0 aromatic carbocycles. The van der Waals surface area contributed by atoms with E-state index in [4.69, 9.17) is 4.18 Å². The third kappa shape index (κ3) is 28.6. The van der Waals surface area contributed by atoms with Gasteiger partial charge >= 0.3 is 10.1 Å². The smallest absolute Gasteiger partial charge is 0.341 e. The largest absolute Gasteiger partial charge is 0.389 e. The summed E-state index contributed by atoms with van der Waals surface area (Å²) in [6.07, 6.45) is 30.8. The minimum Gasteiger partial charge on any atom is -0.389 e. The van der Waals surface area contributed by atoms with Crippen molar-refractivity contribution in [1.29, 1.82) is 0 Å². The lowest BCUT2D eigenvalue weighted by Gasteiger charge is -2.34. The molecule has 1 atom stereocenters. The van der Waals surface area contributed by atoms with E-state index in [1.165, 1.54) is 133 Å². The predicted molar refractivity (Wildman–Crippen MR) is 189 cm³/mol. The topological polar surface area (TPSA) is 43.4 Å². The molecule has 0 fully saturated rings. The van der Waals surface area contributed by atoms with Gasteiger partial charge in [-0.3, -0.25) is 0 Å². The average molecular weight is 635 g/mol. The lowest BCUT2D eigenvalue weighted by atomic mass is 10.0. The molecule has 6 heteroatoms. The Bertz CT molecular complexity index is 662. The lowest BCUT2D eigenvalue weighted by Crippen LogP contribution is -2.47.